The molecule has 3 aromatic rings. The number of para-hydroxylation sites is 1. The molecule has 0 saturated heterocycles. The fraction of sp³-hybridized carbons (Fsp3) is 0.612. The Morgan fingerprint density at radius 3 is 1.42 bits per heavy atom. The molecule has 3 nitrogen and oxygen atoms in total. The minimum Gasteiger partial charge on any atom is -0.423 e. The number of unbranched alkanes of at least 4 members (excludes halogenated alkanes) is 22. The van der Waals surface area contributed by atoms with Crippen molar-refractivity contribution < 1.29 is 14.3 Å². The summed E-state index contributed by atoms with van der Waals surface area (Å²) >= 11 is 0. The van der Waals surface area contributed by atoms with Crippen molar-refractivity contribution >= 4 is 5.97 Å². The first-order valence-electron chi connectivity index (χ1n) is 21.7. The Bertz CT molecular complexity index is 1290. The zero-order valence-electron chi connectivity index (χ0n) is 33.6. The van der Waals surface area contributed by atoms with E-state index in [4.69, 9.17) is 9.47 Å². The third-order valence-electron chi connectivity index (χ3n) is 10.7. The van der Waals surface area contributed by atoms with Gasteiger partial charge < -0.3 is 9.47 Å². The van der Waals surface area contributed by atoms with Gasteiger partial charge in [0.25, 0.3) is 0 Å². The second-order valence-corrected chi connectivity index (χ2v) is 15.2. The van der Waals surface area contributed by atoms with Gasteiger partial charge in [0.2, 0.25) is 0 Å². The second-order valence-electron chi connectivity index (χ2n) is 15.2. The van der Waals surface area contributed by atoms with Crippen molar-refractivity contribution in [3.05, 3.63) is 89.5 Å². The topological polar surface area (TPSA) is 35.5 Å². The van der Waals surface area contributed by atoms with E-state index in [1.165, 1.54) is 147 Å². The Kier molecular flexibility index (Phi) is 23.9. The molecule has 0 bridgehead atoms. The van der Waals surface area contributed by atoms with Crippen molar-refractivity contribution in [1.29, 1.82) is 0 Å². The lowest BCUT2D eigenvalue weighted by molar-refractivity contribution is 0.0627. The number of carbonyl (C=O) groups is 1. The van der Waals surface area contributed by atoms with Crippen molar-refractivity contribution in [3.8, 4) is 16.9 Å². The van der Waals surface area contributed by atoms with E-state index in [1.54, 1.807) is 0 Å². The second kappa shape index (κ2) is 28.6. The summed E-state index contributed by atoms with van der Waals surface area (Å²) in [5.41, 5.74) is 5.10. The van der Waals surface area contributed by atoms with Gasteiger partial charge in [0.05, 0.1) is 11.7 Å². The van der Waals surface area contributed by atoms with Crippen LogP contribution in [-0.4, -0.2) is 12.6 Å². The molecule has 0 aliphatic rings. The van der Waals surface area contributed by atoms with E-state index in [9.17, 15) is 4.79 Å². The van der Waals surface area contributed by atoms with Gasteiger partial charge in [-0.25, -0.2) is 4.79 Å². The minimum absolute atomic E-state index is 0.0844. The number of esters is 1. The van der Waals surface area contributed by atoms with E-state index >= 15 is 0 Å². The van der Waals surface area contributed by atoms with Crippen LogP contribution in [0, 0.1) is 0 Å². The maximum atomic E-state index is 13.1. The predicted octanol–water partition coefficient (Wildman–Crippen LogP) is 15.6. The molecule has 3 aromatic carbocycles. The maximum Gasteiger partial charge on any atom is 0.343 e. The molecule has 0 fully saturated rings. The third-order valence-corrected chi connectivity index (χ3v) is 10.7. The van der Waals surface area contributed by atoms with E-state index in [0.717, 1.165) is 42.6 Å². The number of rotatable bonds is 31. The largest absolute Gasteiger partial charge is 0.423 e. The van der Waals surface area contributed by atoms with Crippen molar-refractivity contribution in [2.24, 2.45) is 0 Å². The van der Waals surface area contributed by atoms with Gasteiger partial charge in [0, 0.05) is 6.61 Å². The first-order chi connectivity index (χ1) is 25.6. The Morgan fingerprint density at radius 2 is 0.923 bits per heavy atom. The van der Waals surface area contributed by atoms with E-state index in [-0.39, 0.29) is 12.1 Å². The Balaban J connectivity index is 1.29. The van der Waals surface area contributed by atoms with E-state index in [1.807, 2.05) is 42.5 Å². The summed E-state index contributed by atoms with van der Waals surface area (Å²) in [4.78, 5) is 13.1. The van der Waals surface area contributed by atoms with Crippen LogP contribution >= 0.6 is 0 Å². The van der Waals surface area contributed by atoms with Crippen LogP contribution in [0.25, 0.3) is 11.1 Å². The van der Waals surface area contributed by atoms with Crippen LogP contribution in [0.5, 0.6) is 5.75 Å². The highest BCUT2D eigenvalue weighted by atomic mass is 16.5. The summed E-state index contributed by atoms with van der Waals surface area (Å²) in [7, 11) is 0. The zero-order valence-corrected chi connectivity index (χ0v) is 33.6. The molecule has 0 aromatic heterocycles. The van der Waals surface area contributed by atoms with Gasteiger partial charge in [0.1, 0.15) is 5.75 Å². The van der Waals surface area contributed by atoms with Crippen molar-refractivity contribution in [1.82, 2.24) is 0 Å². The highest BCUT2D eigenvalue weighted by Gasteiger charge is 2.13. The van der Waals surface area contributed by atoms with Gasteiger partial charge in [-0.05, 0) is 66.6 Å². The molecule has 288 valence electrons. The maximum absolute atomic E-state index is 13.1. The average molecular weight is 711 g/mol. The van der Waals surface area contributed by atoms with Crippen LogP contribution in [0.2, 0.25) is 0 Å². The summed E-state index contributed by atoms with van der Waals surface area (Å²) in [6.07, 6.45) is 33.4. The lowest BCUT2D eigenvalue weighted by Gasteiger charge is -2.14. The molecule has 52 heavy (non-hydrogen) atoms. The first-order valence-corrected chi connectivity index (χ1v) is 21.7. The van der Waals surface area contributed by atoms with E-state index in [0.29, 0.717) is 11.3 Å². The number of carbonyl (C=O) groups excluding carboxylic acids is 1. The fourth-order valence-electron chi connectivity index (χ4n) is 7.17. The molecule has 0 spiro atoms. The average Bonchev–Trinajstić information content (AvgIpc) is 3.17. The standard InChI is InChI=1S/C49H74O3/c1-4-6-8-10-12-14-16-17-18-19-21-23-25-29-41-51-42(3)43-33-35-44(36-34-43)45-37-39-47(40-38-45)49(50)52-48-32-28-27-31-46(48)30-26-24-22-20-15-13-11-9-7-5-2/h27-28,31-40,42H,4-26,29-30,41H2,1-3H3. The predicted molar refractivity (Wildman–Crippen MR) is 224 cm³/mol. The molecule has 0 amide bonds. The smallest absolute Gasteiger partial charge is 0.343 e. The minimum atomic E-state index is -0.304. The van der Waals surface area contributed by atoms with Gasteiger partial charge in [-0.1, -0.05) is 210 Å². The summed E-state index contributed by atoms with van der Waals surface area (Å²) in [6, 6.07) is 24.4. The fourth-order valence-corrected chi connectivity index (χ4v) is 7.17. The van der Waals surface area contributed by atoms with E-state index < -0.39 is 0 Å². The van der Waals surface area contributed by atoms with Crippen LogP contribution in [0.3, 0.4) is 0 Å². The SMILES string of the molecule is CCCCCCCCCCCCCCCCOC(C)c1ccc(-c2ccc(C(=O)Oc3ccccc3CCCCCCCCCCCC)cc2)cc1. The molecular weight excluding hydrogens is 637 g/mol. The summed E-state index contributed by atoms with van der Waals surface area (Å²) < 4.78 is 12.1. The molecule has 3 heteroatoms. The molecule has 0 N–H and O–H groups in total. The van der Waals surface area contributed by atoms with Crippen LogP contribution in [0.4, 0.5) is 0 Å². The Labute approximate surface area is 319 Å². The lowest BCUT2D eigenvalue weighted by Crippen LogP contribution is -2.09. The molecule has 0 radical (unpaired) electrons. The number of aryl methyl sites for hydroxylation is 1. The Hall–Kier alpha value is -2.91. The quantitative estimate of drug-likeness (QED) is 0.0379. The number of hydrogen-bond acceptors (Lipinski definition) is 3. The summed E-state index contributed by atoms with van der Waals surface area (Å²) in [6.45, 7) is 7.53. The summed E-state index contributed by atoms with van der Waals surface area (Å²) in [5, 5.41) is 0. The lowest BCUT2D eigenvalue weighted by atomic mass is 10.0. The van der Waals surface area contributed by atoms with Gasteiger partial charge in [-0.15, -0.1) is 0 Å². The van der Waals surface area contributed by atoms with Gasteiger partial charge in [0.15, 0.2) is 0 Å². The monoisotopic (exact) mass is 711 g/mol. The van der Waals surface area contributed by atoms with Gasteiger partial charge >= 0.3 is 5.97 Å². The van der Waals surface area contributed by atoms with Crippen molar-refractivity contribution in [3.63, 3.8) is 0 Å². The third kappa shape index (κ3) is 18.7. The molecule has 1 unspecified atom stereocenters. The highest BCUT2D eigenvalue weighted by molar-refractivity contribution is 5.91. The first kappa shape index (κ1) is 43.5. The normalized spacial score (nSPS) is 11.9. The Morgan fingerprint density at radius 1 is 0.500 bits per heavy atom. The number of hydrogen-bond donors (Lipinski definition) is 0. The molecule has 3 rings (SSSR count). The van der Waals surface area contributed by atoms with Crippen LogP contribution < -0.4 is 4.74 Å². The molecule has 0 aliphatic carbocycles. The van der Waals surface area contributed by atoms with Gasteiger partial charge in [-0.2, -0.15) is 0 Å². The molecule has 0 saturated carbocycles. The molecule has 0 heterocycles. The van der Waals surface area contributed by atoms with Crippen LogP contribution in [0.15, 0.2) is 72.8 Å². The molecule has 0 aliphatic heterocycles. The number of ether oxygens (including phenoxy) is 2. The highest BCUT2D eigenvalue weighted by Crippen LogP contribution is 2.26. The molecular formula is C49H74O3. The van der Waals surface area contributed by atoms with Crippen LogP contribution in [0.1, 0.15) is 202 Å². The van der Waals surface area contributed by atoms with Crippen molar-refractivity contribution in [2.45, 2.75) is 187 Å². The number of benzene rings is 3. The van der Waals surface area contributed by atoms with Crippen LogP contribution in [-0.2, 0) is 11.2 Å². The zero-order chi connectivity index (χ0) is 36.9. The molecule has 1 atom stereocenters. The van der Waals surface area contributed by atoms with Crippen molar-refractivity contribution in [2.75, 3.05) is 6.61 Å². The summed E-state index contributed by atoms with van der Waals surface area (Å²) in [5.74, 6) is 0.381. The van der Waals surface area contributed by atoms with E-state index in [2.05, 4.69) is 51.1 Å². The van der Waals surface area contributed by atoms with Gasteiger partial charge in [-0.3, -0.25) is 0 Å².